The average molecular weight is 144 g/mol. The molecule has 0 N–H and O–H groups in total. The zero-order chi connectivity index (χ0) is 7.56. The lowest BCUT2D eigenvalue weighted by Crippen LogP contribution is -2.28. The summed E-state index contributed by atoms with van der Waals surface area (Å²) in [5.41, 5.74) is 0. The maximum Gasteiger partial charge on any atom is 0.185 e. The van der Waals surface area contributed by atoms with Crippen LogP contribution < -0.4 is 0 Å². The molecule has 4 heteroatoms. The fraction of sp³-hybridized carbons (Fsp3) is 1.00. The van der Waals surface area contributed by atoms with Gasteiger partial charge in [0.2, 0.25) is 0 Å². The van der Waals surface area contributed by atoms with Crippen LogP contribution in [0.15, 0.2) is 0 Å². The van der Waals surface area contributed by atoms with E-state index in [0.717, 1.165) is 13.1 Å². The standard InChI is InChI=1S/C6H14BFN2/c1-9-2-3-10(7)5-6(8)4-9/h6H,2-5,7H2,1H3. The Morgan fingerprint density at radius 3 is 2.80 bits per heavy atom. The number of likely N-dealkylation sites (N-methyl/N-ethyl adjacent to an activating group) is 1. The van der Waals surface area contributed by atoms with E-state index in [1.54, 1.807) is 0 Å². The van der Waals surface area contributed by atoms with Crippen molar-refractivity contribution >= 4 is 7.98 Å². The largest absolute Gasteiger partial charge is 0.345 e. The second-order valence-corrected chi connectivity index (χ2v) is 3.12. The lowest BCUT2D eigenvalue weighted by molar-refractivity contribution is 0.240. The number of hydrogen-bond acceptors (Lipinski definition) is 2. The quantitative estimate of drug-likeness (QED) is 0.407. The Morgan fingerprint density at radius 2 is 2.10 bits per heavy atom. The zero-order valence-electron chi connectivity index (χ0n) is 6.68. The fourth-order valence-electron chi connectivity index (χ4n) is 1.26. The second kappa shape index (κ2) is 3.35. The van der Waals surface area contributed by atoms with Crippen molar-refractivity contribution in [1.29, 1.82) is 0 Å². The predicted molar refractivity (Wildman–Crippen MR) is 42.5 cm³/mol. The highest BCUT2D eigenvalue weighted by molar-refractivity contribution is 6.04. The normalized spacial score (nSPS) is 32.0. The van der Waals surface area contributed by atoms with E-state index < -0.39 is 6.17 Å². The minimum Gasteiger partial charge on any atom is -0.345 e. The van der Waals surface area contributed by atoms with E-state index in [1.807, 2.05) is 24.7 Å². The van der Waals surface area contributed by atoms with Gasteiger partial charge in [-0.25, -0.2) is 4.39 Å². The molecule has 0 saturated carbocycles. The van der Waals surface area contributed by atoms with Crippen LogP contribution in [0.2, 0.25) is 0 Å². The minimum absolute atomic E-state index is 0.588. The van der Waals surface area contributed by atoms with Crippen LogP contribution in [0.5, 0.6) is 0 Å². The number of nitrogens with zero attached hydrogens (tertiary/aromatic N) is 2. The summed E-state index contributed by atoms with van der Waals surface area (Å²) < 4.78 is 12.9. The van der Waals surface area contributed by atoms with Crippen LogP contribution in [-0.2, 0) is 0 Å². The Balaban J connectivity index is 2.38. The summed E-state index contributed by atoms with van der Waals surface area (Å²) in [7, 11) is 3.93. The molecule has 0 bridgehead atoms. The van der Waals surface area contributed by atoms with Crippen molar-refractivity contribution in [2.75, 3.05) is 33.2 Å². The van der Waals surface area contributed by atoms with Gasteiger partial charge in [0, 0.05) is 19.6 Å². The SMILES string of the molecule is BN1CCN(C)CC(F)C1. The number of halogens is 1. The zero-order valence-corrected chi connectivity index (χ0v) is 6.68. The molecule has 0 aromatic heterocycles. The van der Waals surface area contributed by atoms with Crippen molar-refractivity contribution < 1.29 is 4.39 Å². The summed E-state index contributed by atoms with van der Waals surface area (Å²) in [5, 5.41) is 0. The van der Waals surface area contributed by atoms with Crippen molar-refractivity contribution in [2.45, 2.75) is 6.17 Å². The van der Waals surface area contributed by atoms with E-state index >= 15 is 0 Å². The van der Waals surface area contributed by atoms with Gasteiger partial charge in [0.15, 0.2) is 7.98 Å². The monoisotopic (exact) mass is 144 g/mol. The molecule has 0 radical (unpaired) electrons. The van der Waals surface area contributed by atoms with Gasteiger partial charge in [0.1, 0.15) is 6.17 Å². The molecule has 1 unspecified atom stereocenters. The maximum atomic E-state index is 12.9. The maximum absolute atomic E-state index is 12.9. The van der Waals surface area contributed by atoms with Gasteiger partial charge in [-0.05, 0) is 13.6 Å². The van der Waals surface area contributed by atoms with Crippen molar-refractivity contribution in [1.82, 2.24) is 9.71 Å². The van der Waals surface area contributed by atoms with Crippen LogP contribution in [0.3, 0.4) is 0 Å². The van der Waals surface area contributed by atoms with Gasteiger partial charge >= 0.3 is 0 Å². The highest BCUT2D eigenvalue weighted by Gasteiger charge is 2.16. The highest BCUT2D eigenvalue weighted by Crippen LogP contribution is 2.01. The fourth-order valence-corrected chi connectivity index (χ4v) is 1.26. The number of alkyl halides is 1. The summed E-state index contributed by atoms with van der Waals surface area (Å²) >= 11 is 0. The van der Waals surface area contributed by atoms with Crippen molar-refractivity contribution in [3.63, 3.8) is 0 Å². The molecule has 0 aromatic rings. The molecule has 58 valence electrons. The summed E-state index contributed by atoms with van der Waals surface area (Å²) in [6, 6.07) is 0. The van der Waals surface area contributed by atoms with Gasteiger partial charge in [-0.3, -0.25) is 0 Å². The van der Waals surface area contributed by atoms with E-state index in [9.17, 15) is 4.39 Å². The number of hydrogen-bond donors (Lipinski definition) is 0. The Labute approximate surface area is 62.4 Å². The topological polar surface area (TPSA) is 6.48 Å². The van der Waals surface area contributed by atoms with Crippen LogP contribution >= 0.6 is 0 Å². The van der Waals surface area contributed by atoms with E-state index in [2.05, 4.69) is 0 Å². The van der Waals surface area contributed by atoms with Crippen LogP contribution in [-0.4, -0.2) is 57.1 Å². The molecular formula is C6H14BFN2. The molecule has 10 heavy (non-hydrogen) atoms. The summed E-state index contributed by atoms with van der Waals surface area (Å²) in [5.74, 6) is 0. The third-order valence-electron chi connectivity index (χ3n) is 1.88. The van der Waals surface area contributed by atoms with Crippen molar-refractivity contribution in [3.05, 3.63) is 0 Å². The Morgan fingerprint density at radius 1 is 1.40 bits per heavy atom. The molecule has 1 saturated heterocycles. The van der Waals surface area contributed by atoms with Gasteiger partial charge < -0.3 is 9.71 Å². The van der Waals surface area contributed by atoms with Gasteiger partial charge in [-0.1, -0.05) is 0 Å². The Kier molecular flexibility index (Phi) is 2.68. The van der Waals surface area contributed by atoms with E-state index in [-0.39, 0.29) is 0 Å². The van der Waals surface area contributed by atoms with Crippen LogP contribution in [0.1, 0.15) is 0 Å². The lowest BCUT2D eigenvalue weighted by atomic mass is 10.2. The molecule has 1 aliphatic rings. The summed E-state index contributed by atoms with van der Waals surface area (Å²) in [6.45, 7) is 3.14. The van der Waals surface area contributed by atoms with E-state index in [1.165, 1.54) is 0 Å². The van der Waals surface area contributed by atoms with Crippen LogP contribution in [0.25, 0.3) is 0 Å². The molecule has 2 nitrogen and oxygen atoms in total. The van der Waals surface area contributed by atoms with Gasteiger partial charge in [-0.15, -0.1) is 0 Å². The van der Waals surface area contributed by atoms with Crippen LogP contribution in [0, 0.1) is 0 Å². The lowest BCUT2D eigenvalue weighted by Gasteiger charge is -2.13. The second-order valence-electron chi connectivity index (χ2n) is 3.12. The molecular weight excluding hydrogens is 130 g/mol. The van der Waals surface area contributed by atoms with Crippen LogP contribution in [0.4, 0.5) is 4.39 Å². The van der Waals surface area contributed by atoms with E-state index in [0.29, 0.717) is 13.1 Å². The Bertz CT molecular complexity index is 99.9. The molecule has 0 aliphatic carbocycles. The molecule has 1 rings (SSSR count). The first-order valence-electron chi connectivity index (χ1n) is 3.69. The molecule has 1 atom stereocenters. The first-order valence-corrected chi connectivity index (χ1v) is 3.69. The summed E-state index contributed by atoms with van der Waals surface area (Å²) in [6.07, 6.45) is -0.669. The van der Waals surface area contributed by atoms with Gasteiger partial charge in [-0.2, -0.15) is 0 Å². The van der Waals surface area contributed by atoms with Gasteiger partial charge in [0.05, 0.1) is 0 Å². The number of rotatable bonds is 0. The first-order chi connectivity index (χ1) is 4.68. The van der Waals surface area contributed by atoms with Gasteiger partial charge in [0.25, 0.3) is 0 Å². The molecule has 1 heterocycles. The predicted octanol–water partition coefficient (Wildman–Crippen LogP) is -0.880. The van der Waals surface area contributed by atoms with E-state index in [4.69, 9.17) is 0 Å². The molecule has 1 fully saturated rings. The molecule has 0 amide bonds. The summed E-state index contributed by atoms with van der Waals surface area (Å²) in [4.78, 5) is 4.07. The Hall–Kier alpha value is -0.0851. The minimum atomic E-state index is -0.669. The third kappa shape index (κ3) is 2.27. The molecule has 1 aliphatic heterocycles. The molecule has 0 spiro atoms. The third-order valence-corrected chi connectivity index (χ3v) is 1.88. The molecule has 0 aromatic carbocycles. The smallest absolute Gasteiger partial charge is 0.185 e. The average Bonchev–Trinajstić information content (AvgIpc) is 1.93. The van der Waals surface area contributed by atoms with Crippen molar-refractivity contribution in [3.8, 4) is 0 Å². The first kappa shape index (κ1) is 8.02. The highest BCUT2D eigenvalue weighted by atomic mass is 19.1. The van der Waals surface area contributed by atoms with Crippen molar-refractivity contribution in [2.24, 2.45) is 0 Å².